The predicted molar refractivity (Wildman–Crippen MR) is 154 cm³/mol. The Hall–Kier alpha value is -1.71. The third kappa shape index (κ3) is 25.3. The largest absolute Gasteiger partial charge is 0.545 e. The molecule has 0 saturated heterocycles. The molecule has 0 rings (SSSR count). The van der Waals surface area contributed by atoms with Gasteiger partial charge in [-0.2, -0.15) is 0 Å². The molecule has 0 aromatic rings. The molecule has 0 saturated carbocycles. The van der Waals surface area contributed by atoms with E-state index in [0.29, 0.717) is 17.4 Å². The van der Waals surface area contributed by atoms with Gasteiger partial charge in [0.1, 0.15) is 13.2 Å². The van der Waals surface area contributed by atoms with E-state index in [2.05, 4.69) is 13.8 Å². The zero-order valence-corrected chi connectivity index (χ0v) is 26.2. The number of carboxylic acids is 1. The van der Waals surface area contributed by atoms with Crippen molar-refractivity contribution >= 4 is 17.9 Å². The van der Waals surface area contributed by atoms with Crippen LogP contribution in [0.5, 0.6) is 0 Å². The van der Waals surface area contributed by atoms with Crippen molar-refractivity contribution < 1.29 is 42.9 Å². The maximum absolute atomic E-state index is 12.5. The summed E-state index contributed by atoms with van der Waals surface area (Å²) in [7, 11) is 5.88. The average Bonchev–Trinajstić information content (AvgIpc) is 2.89. The Kier molecular flexibility index (Phi) is 24.0. The summed E-state index contributed by atoms with van der Waals surface area (Å²) < 4.78 is 22.2. The third-order valence-electron chi connectivity index (χ3n) is 6.60. The summed E-state index contributed by atoms with van der Waals surface area (Å²) in [6.45, 7) is 4.61. The first-order valence-electron chi connectivity index (χ1n) is 15.7. The Balaban J connectivity index is 4.65. The van der Waals surface area contributed by atoms with Gasteiger partial charge in [0.25, 0.3) is 0 Å². The van der Waals surface area contributed by atoms with Gasteiger partial charge in [-0.1, -0.05) is 97.3 Å². The monoisotopic (exact) mass is 573 g/mol. The minimum atomic E-state index is -1.61. The number of aliphatic carboxylic acids is 1. The van der Waals surface area contributed by atoms with Crippen molar-refractivity contribution in [2.24, 2.45) is 0 Å². The van der Waals surface area contributed by atoms with Crippen LogP contribution in [0.3, 0.4) is 0 Å². The van der Waals surface area contributed by atoms with Crippen LogP contribution in [0, 0.1) is 0 Å². The highest BCUT2D eigenvalue weighted by atomic mass is 16.7. The molecule has 0 aliphatic carbocycles. The number of ether oxygens (including phenoxy) is 4. The molecule has 0 aliphatic heterocycles. The van der Waals surface area contributed by atoms with Crippen LogP contribution in [-0.4, -0.2) is 82.3 Å². The molecular weight excluding hydrogens is 514 g/mol. The molecule has 9 heteroatoms. The molecular formula is C31H59NO8. The molecule has 0 fully saturated rings. The van der Waals surface area contributed by atoms with Gasteiger partial charge in [-0.15, -0.1) is 0 Å². The number of hydrogen-bond donors (Lipinski definition) is 0. The van der Waals surface area contributed by atoms with Gasteiger partial charge in [0.05, 0.1) is 40.3 Å². The first-order chi connectivity index (χ1) is 19.1. The number of carbonyl (C=O) groups excluding carboxylic acids is 3. The number of nitrogens with zero attached hydrogens (tertiary/aromatic N) is 1. The van der Waals surface area contributed by atoms with Crippen LogP contribution >= 0.6 is 0 Å². The Morgan fingerprint density at radius 2 is 1.12 bits per heavy atom. The Morgan fingerprint density at radius 1 is 0.650 bits per heavy atom. The molecule has 2 unspecified atom stereocenters. The van der Waals surface area contributed by atoms with Crippen LogP contribution in [0.4, 0.5) is 0 Å². The SMILES string of the molecule is CCCCCCCCCCCC(=O)OC(COC(=O)CCCCCCCC)COC(OCC[N+](C)(C)C)C(=O)[O-]. The minimum Gasteiger partial charge on any atom is -0.545 e. The second-order valence-electron chi connectivity index (χ2n) is 11.8. The van der Waals surface area contributed by atoms with Crippen molar-refractivity contribution in [2.75, 3.05) is 47.5 Å². The quantitative estimate of drug-likeness (QED) is 0.0561. The number of carboxylic acid groups (broad SMARTS) is 1. The van der Waals surface area contributed by atoms with Crippen LogP contribution < -0.4 is 5.11 Å². The lowest BCUT2D eigenvalue weighted by Crippen LogP contribution is -2.44. The third-order valence-corrected chi connectivity index (χ3v) is 6.60. The summed E-state index contributed by atoms with van der Waals surface area (Å²) in [6, 6.07) is 0. The molecule has 40 heavy (non-hydrogen) atoms. The Bertz CT molecular complexity index is 650. The highest BCUT2D eigenvalue weighted by Gasteiger charge is 2.21. The van der Waals surface area contributed by atoms with E-state index in [1.807, 2.05) is 21.1 Å². The molecule has 0 aromatic carbocycles. The zero-order valence-electron chi connectivity index (χ0n) is 26.2. The molecule has 2 atom stereocenters. The van der Waals surface area contributed by atoms with E-state index in [1.165, 1.54) is 51.4 Å². The van der Waals surface area contributed by atoms with E-state index >= 15 is 0 Å². The molecule has 9 nitrogen and oxygen atoms in total. The van der Waals surface area contributed by atoms with E-state index < -0.39 is 24.3 Å². The molecule has 0 aromatic heterocycles. The Morgan fingerprint density at radius 3 is 1.60 bits per heavy atom. The van der Waals surface area contributed by atoms with E-state index in [4.69, 9.17) is 18.9 Å². The van der Waals surface area contributed by atoms with Gasteiger partial charge in [0.15, 0.2) is 12.4 Å². The topological polar surface area (TPSA) is 111 Å². The Labute approximate surface area is 243 Å². The molecule has 0 heterocycles. The number of hydrogen-bond acceptors (Lipinski definition) is 8. The fourth-order valence-corrected chi connectivity index (χ4v) is 4.06. The van der Waals surface area contributed by atoms with Crippen molar-refractivity contribution in [1.29, 1.82) is 0 Å². The van der Waals surface area contributed by atoms with Gasteiger partial charge < -0.3 is 33.3 Å². The number of rotatable bonds is 28. The van der Waals surface area contributed by atoms with E-state index in [9.17, 15) is 19.5 Å². The van der Waals surface area contributed by atoms with Gasteiger partial charge in [-0.25, -0.2) is 0 Å². The highest BCUT2D eigenvalue weighted by Crippen LogP contribution is 2.12. The van der Waals surface area contributed by atoms with Gasteiger partial charge in [-0.3, -0.25) is 9.59 Å². The number of unbranched alkanes of at least 4 members (excludes halogenated alkanes) is 13. The second-order valence-corrected chi connectivity index (χ2v) is 11.8. The fourth-order valence-electron chi connectivity index (χ4n) is 4.06. The van der Waals surface area contributed by atoms with Crippen molar-refractivity contribution in [1.82, 2.24) is 0 Å². The zero-order chi connectivity index (χ0) is 30.1. The number of carbonyl (C=O) groups is 3. The standard InChI is InChI=1S/C31H59NO8/c1-6-8-10-12-14-15-16-18-20-22-29(34)40-27(25-38-28(33)21-19-17-13-11-9-7-2)26-39-31(30(35)36)37-24-23-32(3,4)5/h27,31H,6-26H2,1-5H3. The summed E-state index contributed by atoms with van der Waals surface area (Å²) in [5.41, 5.74) is 0. The first-order valence-corrected chi connectivity index (χ1v) is 15.7. The molecule has 0 N–H and O–H groups in total. The number of esters is 2. The van der Waals surface area contributed by atoms with Gasteiger partial charge >= 0.3 is 11.9 Å². The lowest BCUT2D eigenvalue weighted by atomic mass is 10.1. The van der Waals surface area contributed by atoms with E-state index in [-0.39, 0.29) is 32.2 Å². The first kappa shape index (κ1) is 38.3. The summed E-state index contributed by atoms with van der Waals surface area (Å²) in [5.74, 6) is -2.30. The van der Waals surface area contributed by atoms with Crippen molar-refractivity contribution in [3.05, 3.63) is 0 Å². The predicted octanol–water partition coefficient (Wildman–Crippen LogP) is 4.93. The molecule has 0 radical (unpaired) electrons. The van der Waals surface area contributed by atoms with E-state index in [0.717, 1.165) is 44.9 Å². The van der Waals surface area contributed by atoms with Crippen molar-refractivity contribution in [3.8, 4) is 0 Å². The molecule has 0 aliphatic rings. The number of likely N-dealkylation sites (N-methyl/N-ethyl adjacent to an activating group) is 1. The maximum atomic E-state index is 12.5. The van der Waals surface area contributed by atoms with Gasteiger partial charge in [0, 0.05) is 12.8 Å². The van der Waals surface area contributed by atoms with E-state index in [1.54, 1.807) is 0 Å². The summed E-state index contributed by atoms with van der Waals surface area (Å²) in [5, 5.41) is 11.5. The lowest BCUT2D eigenvalue weighted by Gasteiger charge is -2.26. The van der Waals surface area contributed by atoms with Crippen LogP contribution in [0.25, 0.3) is 0 Å². The highest BCUT2D eigenvalue weighted by molar-refractivity contribution is 5.70. The lowest BCUT2D eigenvalue weighted by molar-refractivity contribution is -0.870. The van der Waals surface area contributed by atoms with Crippen LogP contribution in [0.1, 0.15) is 123 Å². The van der Waals surface area contributed by atoms with Crippen LogP contribution in [0.15, 0.2) is 0 Å². The van der Waals surface area contributed by atoms with Crippen LogP contribution in [-0.2, 0) is 33.3 Å². The summed E-state index contributed by atoms with van der Waals surface area (Å²) in [6.07, 6.45) is 14.6. The summed E-state index contributed by atoms with van der Waals surface area (Å²) in [4.78, 5) is 36.2. The maximum Gasteiger partial charge on any atom is 0.306 e. The molecule has 0 spiro atoms. The average molecular weight is 574 g/mol. The number of quaternary nitrogens is 1. The minimum absolute atomic E-state index is 0.151. The molecule has 236 valence electrons. The van der Waals surface area contributed by atoms with Crippen molar-refractivity contribution in [2.45, 2.75) is 135 Å². The normalized spacial score (nSPS) is 13.1. The van der Waals surface area contributed by atoms with Crippen molar-refractivity contribution in [3.63, 3.8) is 0 Å². The van der Waals surface area contributed by atoms with Gasteiger partial charge in [-0.05, 0) is 12.8 Å². The molecule has 0 amide bonds. The smallest absolute Gasteiger partial charge is 0.306 e. The summed E-state index contributed by atoms with van der Waals surface area (Å²) >= 11 is 0. The molecule has 0 bridgehead atoms. The fraction of sp³-hybridized carbons (Fsp3) is 0.903. The second kappa shape index (κ2) is 25.0. The van der Waals surface area contributed by atoms with Crippen LogP contribution in [0.2, 0.25) is 0 Å². The van der Waals surface area contributed by atoms with Gasteiger partial charge in [0.2, 0.25) is 0 Å².